The fourth-order valence-corrected chi connectivity index (χ4v) is 3.17. The van der Waals surface area contributed by atoms with Crippen LogP contribution >= 0.6 is 6.60 Å². The minimum absolute atomic E-state index is 1.20. The predicted octanol–water partition coefficient (Wildman–Crippen LogP) is 4.42. The van der Waals surface area contributed by atoms with Gasteiger partial charge < -0.3 is 0 Å². The zero-order valence-corrected chi connectivity index (χ0v) is 11.3. The predicted molar refractivity (Wildman–Crippen MR) is 68.9 cm³/mol. The number of rotatable bonds is 7. The molecule has 0 spiro atoms. The Morgan fingerprint density at radius 2 is 1.31 bits per heavy atom. The second-order valence-corrected chi connectivity index (χ2v) is 13.9. The molecule has 0 fully saturated rings. The number of hydrogen-bond donors (Lipinski definition) is 0. The van der Waals surface area contributed by atoms with Crippen LogP contribution in [0.25, 0.3) is 0 Å². The fourth-order valence-electron chi connectivity index (χ4n) is 1.46. The van der Waals surface area contributed by atoms with Crippen LogP contribution in [0.3, 0.4) is 0 Å². The van der Waals surface area contributed by atoms with E-state index in [1.807, 2.05) is 0 Å². The zero-order chi connectivity index (χ0) is 10.4. The molecule has 0 nitrogen and oxygen atoms in total. The Kier molecular flexibility index (Phi) is 5.52. The van der Waals surface area contributed by atoms with E-state index < -0.39 is 6.60 Å². The van der Waals surface area contributed by atoms with Gasteiger partial charge in [0.05, 0.1) is 0 Å². The van der Waals surface area contributed by atoms with Gasteiger partial charge in [-0.3, -0.25) is 0 Å². The van der Waals surface area contributed by atoms with Crippen LogP contribution in [0, 0.1) is 0 Å². The van der Waals surface area contributed by atoms with Crippen LogP contribution in [0.5, 0.6) is 0 Å². The van der Waals surface area contributed by atoms with Crippen LogP contribution in [0.4, 0.5) is 0 Å². The first-order chi connectivity index (χ1) is 5.89. The minimum atomic E-state index is -1.20. The van der Waals surface area contributed by atoms with Crippen LogP contribution in [0.15, 0.2) is 0 Å². The van der Waals surface area contributed by atoms with Gasteiger partial charge in [0, 0.05) is 0 Å². The molecule has 0 amide bonds. The number of unbranched alkanes of at least 4 members (excludes halogenated alkanes) is 4. The van der Waals surface area contributed by atoms with E-state index in [1.165, 1.54) is 44.4 Å². The van der Waals surface area contributed by atoms with E-state index in [2.05, 4.69) is 33.8 Å². The van der Waals surface area contributed by atoms with Gasteiger partial charge in [0.1, 0.15) is 0 Å². The first kappa shape index (κ1) is 13.4. The second-order valence-electron chi connectivity index (χ2n) is 5.92. The van der Waals surface area contributed by atoms with Crippen molar-refractivity contribution in [2.24, 2.45) is 0 Å². The molecule has 0 bridgehead atoms. The SMILES string of the molecule is CCCCCCCP(C)(C)(C)CC. The van der Waals surface area contributed by atoms with Gasteiger partial charge >= 0.3 is 84.9 Å². The van der Waals surface area contributed by atoms with Crippen LogP contribution in [0.2, 0.25) is 0 Å². The van der Waals surface area contributed by atoms with Crippen molar-refractivity contribution in [3.05, 3.63) is 0 Å². The Hall–Kier alpha value is 0.430. The Labute approximate surface area is 85.4 Å². The molecule has 0 aromatic heterocycles. The molecule has 0 saturated heterocycles. The van der Waals surface area contributed by atoms with E-state index in [-0.39, 0.29) is 0 Å². The molecule has 0 aliphatic rings. The summed E-state index contributed by atoms with van der Waals surface area (Å²) in [6, 6.07) is 0. The molecule has 0 atom stereocenters. The molecule has 0 aromatic rings. The van der Waals surface area contributed by atoms with Crippen molar-refractivity contribution >= 4 is 6.60 Å². The van der Waals surface area contributed by atoms with Gasteiger partial charge in [-0.1, -0.05) is 0 Å². The van der Waals surface area contributed by atoms with E-state index in [4.69, 9.17) is 0 Å². The van der Waals surface area contributed by atoms with Crippen molar-refractivity contribution in [2.75, 3.05) is 32.3 Å². The molecular formula is C12H29P. The van der Waals surface area contributed by atoms with Gasteiger partial charge in [0.25, 0.3) is 0 Å². The van der Waals surface area contributed by atoms with Crippen molar-refractivity contribution in [2.45, 2.75) is 46.0 Å². The Morgan fingerprint density at radius 1 is 0.769 bits per heavy atom. The second kappa shape index (κ2) is 5.35. The molecule has 0 aromatic carbocycles. The van der Waals surface area contributed by atoms with E-state index in [0.717, 1.165) is 0 Å². The third-order valence-electron chi connectivity index (χ3n) is 3.26. The average molecular weight is 204 g/mol. The third kappa shape index (κ3) is 7.50. The Balaban J connectivity index is 3.52. The molecule has 0 rings (SSSR count). The zero-order valence-electron chi connectivity index (χ0n) is 10.4. The first-order valence-electron chi connectivity index (χ1n) is 5.89. The number of hydrogen-bond acceptors (Lipinski definition) is 0. The van der Waals surface area contributed by atoms with Crippen LogP contribution in [-0.4, -0.2) is 32.3 Å². The van der Waals surface area contributed by atoms with Crippen LogP contribution in [-0.2, 0) is 0 Å². The Bertz CT molecular complexity index is 130. The van der Waals surface area contributed by atoms with Crippen LogP contribution in [0.1, 0.15) is 46.0 Å². The van der Waals surface area contributed by atoms with Crippen molar-refractivity contribution in [1.82, 2.24) is 0 Å². The van der Waals surface area contributed by atoms with Gasteiger partial charge in [-0.2, -0.15) is 0 Å². The van der Waals surface area contributed by atoms with Crippen LogP contribution < -0.4 is 0 Å². The summed E-state index contributed by atoms with van der Waals surface area (Å²) in [5.74, 6) is 0. The van der Waals surface area contributed by atoms with Gasteiger partial charge in [-0.05, 0) is 0 Å². The molecule has 0 unspecified atom stereocenters. The summed E-state index contributed by atoms with van der Waals surface area (Å²) in [6.45, 7) is 11.1. The van der Waals surface area contributed by atoms with Gasteiger partial charge in [-0.25, -0.2) is 0 Å². The summed E-state index contributed by atoms with van der Waals surface area (Å²) in [5, 5.41) is 0. The first-order valence-corrected chi connectivity index (χ1v) is 9.84. The van der Waals surface area contributed by atoms with Crippen molar-refractivity contribution in [1.29, 1.82) is 0 Å². The van der Waals surface area contributed by atoms with Gasteiger partial charge in [0.15, 0.2) is 0 Å². The average Bonchev–Trinajstić information content (AvgIpc) is 2.04. The monoisotopic (exact) mass is 204 g/mol. The molecule has 0 heterocycles. The van der Waals surface area contributed by atoms with E-state index >= 15 is 0 Å². The maximum atomic E-state index is 2.53. The summed E-state index contributed by atoms with van der Waals surface area (Å²) >= 11 is 0. The molecule has 82 valence electrons. The molecule has 0 aliphatic heterocycles. The summed E-state index contributed by atoms with van der Waals surface area (Å²) in [4.78, 5) is 0. The van der Waals surface area contributed by atoms with E-state index in [1.54, 1.807) is 0 Å². The normalized spacial score (nSPS) is 15.3. The molecule has 0 N–H and O–H groups in total. The van der Waals surface area contributed by atoms with Crippen molar-refractivity contribution in [3.63, 3.8) is 0 Å². The molecule has 13 heavy (non-hydrogen) atoms. The molecule has 1 heteroatoms. The molecule has 0 radical (unpaired) electrons. The summed E-state index contributed by atoms with van der Waals surface area (Å²) < 4.78 is 0. The fraction of sp³-hybridized carbons (Fsp3) is 1.00. The standard InChI is InChI=1S/C12H29P/c1-6-8-9-10-11-12-13(3,4,5)7-2/h6-12H2,1-5H3. The van der Waals surface area contributed by atoms with Gasteiger partial charge in [0.2, 0.25) is 0 Å². The van der Waals surface area contributed by atoms with Crippen molar-refractivity contribution in [3.8, 4) is 0 Å². The maximum absolute atomic E-state index is 2.53. The van der Waals surface area contributed by atoms with E-state index in [9.17, 15) is 0 Å². The topological polar surface area (TPSA) is 0 Å². The third-order valence-corrected chi connectivity index (χ3v) is 7.58. The van der Waals surface area contributed by atoms with E-state index in [0.29, 0.717) is 0 Å². The molecule has 0 aliphatic carbocycles. The van der Waals surface area contributed by atoms with Gasteiger partial charge in [-0.15, -0.1) is 0 Å². The molecular weight excluding hydrogens is 175 g/mol. The molecule has 0 saturated carbocycles. The summed E-state index contributed by atoms with van der Waals surface area (Å²) in [5.41, 5.74) is 0. The Morgan fingerprint density at radius 3 is 1.77 bits per heavy atom. The summed E-state index contributed by atoms with van der Waals surface area (Å²) in [7, 11) is 0. The van der Waals surface area contributed by atoms with Crippen molar-refractivity contribution < 1.29 is 0 Å². The summed E-state index contributed by atoms with van der Waals surface area (Å²) in [6.07, 6.45) is 10.1. The quantitative estimate of drug-likeness (QED) is 0.425.